The van der Waals surface area contributed by atoms with E-state index in [1.54, 1.807) is 42.7 Å². The summed E-state index contributed by atoms with van der Waals surface area (Å²) in [4.78, 5) is 50.9. The summed E-state index contributed by atoms with van der Waals surface area (Å²) in [7, 11) is 0. The van der Waals surface area contributed by atoms with Gasteiger partial charge in [-0.15, -0.1) is 0 Å². The van der Waals surface area contributed by atoms with E-state index in [-0.39, 0.29) is 78.3 Å². The number of para-hydroxylation sites is 2. The van der Waals surface area contributed by atoms with Gasteiger partial charge in [0, 0.05) is 85.1 Å². The van der Waals surface area contributed by atoms with Crippen molar-refractivity contribution < 1.29 is 73.1 Å². The molecule has 0 aliphatic carbocycles. The Bertz CT molecular complexity index is 3240. The number of rotatable bonds is 20. The van der Waals surface area contributed by atoms with Crippen molar-refractivity contribution in [2.24, 2.45) is 0 Å². The van der Waals surface area contributed by atoms with Gasteiger partial charge in [0.2, 0.25) is 11.9 Å². The Kier molecular flexibility index (Phi) is 20.5. The van der Waals surface area contributed by atoms with E-state index in [9.17, 15) is 38.8 Å². The number of benzene rings is 4. The maximum Gasteiger partial charge on any atom is 1.00 e. The number of nitrogens with one attached hydrogen (secondary N) is 2. The minimum absolute atomic E-state index is 0. The molecular weight excluding hydrogens is 1010 g/mol. The summed E-state index contributed by atoms with van der Waals surface area (Å²) in [6.07, 6.45) is 0.597. The van der Waals surface area contributed by atoms with E-state index >= 15 is 0 Å². The molecule has 5 heterocycles. The van der Waals surface area contributed by atoms with E-state index in [4.69, 9.17) is 24.7 Å². The summed E-state index contributed by atoms with van der Waals surface area (Å²) >= 11 is 0. The van der Waals surface area contributed by atoms with Crippen LogP contribution in [0, 0.1) is 11.6 Å². The molecule has 400 valence electrons. The molecule has 8 aromatic rings. The van der Waals surface area contributed by atoms with E-state index in [1.165, 1.54) is 24.3 Å². The van der Waals surface area contributed by atoms with Crippen LogP contribution in [0.5, 0.6) is 0 Å². The predicted octanol–water partition coefficient (Wildman–Crippen LogP) is 6.13. The van der Waals surface area contributed by atoms with Gasteiger partial charge in [-0.25, -0.2) is 38.7 Å². The number of carbonyl (C=O) groups excluding carboxylic acids is 2. The van der Waals surface area contributed by atoms with Crippen molar-refractivity contribution in [1.82, 2.24) is 39.0 Å². The molecule has 1 saturated heterocycles. The maximum atomic E-state index is 13.8. The number of cyclic esters (lactones) is 1. The zero-order valence-electron chi connectivity index (χ0n) is 44.1. The Morgan fingerprint density at radius 3 is 1.58 bits per heavy atom. The minimum atomic E-state index is -1.37. The quantitative estimate of drug-likeness (QED) is 0.0426. The molecule has 1 aliphatic heterocycles. The summed E-state index contributed by atoms with van der Waals surface area (Å²) in [5.74, 6) is 0.0145. The number of nitrogens with zero attached hydrogens (tertiary/aromatic N) is 8. The SMILES string of the molecule is CC(C)c1nc(-c2ccc(F)cc2)c(-c2ccnc(Nc3ccccc3)n2)n1CC[C@@H](O)C[C@@H](O)CC(=O)[O-].CC(C)c1nc(-c2ccc(F)cc2)c(-c2ccnc(Nc3ccccc3)n2)n1CC[C@@H]1C[C@@H](O)CC(=O)O1.[Na+]. The van der Waals surface area contributed by atoms with Crippen LogP contribution in [0.25, 0.3) is 45.3 Å². The van der Waals surface area contributed by atoms with Gasteiger partial charge in [0.15, 0.2) is 0 Å². The number of aliphatic hydroxyl groups is 3. The molecule has 1 aliphatic rings. The molecule has 5 N–H and O–H groups in total. The molecule has 1 fully saturated rings. The fourth-order valence-electron chi connectivity index (χ4n) is 9.11. The van der Waals surface area contributed by atoms with Crippen LogP contribution in [-0.4, -0.2) is 90.7 Å². The Hall–Kier alpha value is -7.26. The minimum Gasteiger partial charge on any atom is -0.550 e. The van der Waals surface area contributed by atoms with Crippen molar-refractivity contribution in [2.45, 2.75) is 116 Å². The van der Waals surface area contributed by atoms with E-state index in [2.05, 4.69) is 39.0 Å². The third-order valence-electron chi connectivity index (χ3n) is 12.7. The summed E-state index contributed by atoms with van der Waals surface area (Å²) in [5.41, 5.74) is 7.10. The first-order valence-corrected chi connectivity index (χ1v) is 25.6. The fourth-order valence-corrected chi connectivity index (χ4v) is 9.11. The zero-order valence-corrected chi connectivity index (χ0v) is 46.1. The number of esters is 1. The fraction of sp³-hybridized carbons (Fsp3) is 0.310. The van der Waals surface area contributed by atoms with E-state index in [1.807, 2.05) is 85.1 Å². The molecule has 4 aromatic carbocycles. The molecule has 0 unspecified atom stereocenters. The molecular formula is C58H61F2N10NaO7. The van der Waals surface area contributed by atoms with Crippen molar-refractivity contribution in [1.29, 1.82) is 0 Å². The first-order chi connectivity index (χ1) is 37.1. The molecule has 0 spiro atoms. The second kappa shape index (κ2) is 27.4. The number of anilines is 4. The predicted molar refractivity (Wildman–Crippen MR) is 286 cm³/mol. The zero-order chi connectivity index (χ0) is 54.6. The smallest absolute Gasteiger partial charge is 0.550 e. The second-order valence-electron chi connectivity index (χ2n) is 19.4. The van der Waals surface area contributed by atoms with Gasteiger partial charge in [-0.3, -0.25) is 4.79 Å². The molecule has 17 nitrogen and oxygen atoms in total. The van der Waals surface area contributed by atoms with Gasteiger partial charge in [0.1, 0.15) is 29.4 Å². The number of aromatic nitrogens is 8. The summed E-state index contributed by atoms with van der Waals surface area (Å²) < 4.78 is 37.1. The number of imidazole rings is 2. The monoisotopic (exact) mass is 1070 g/mol. The van der Waals surface area contributed by atoms with Gasteiger partial charge in [-0.2, -0.15) is 0 Å². The van der Waals surface area contributed by atoms with Crippen molar-refractivity contribution in [3.05, 3.63) is 157 Å². The summed E-state index contributed by atoms with van der Waals surface area (Å²) in [5, 5.41) is 47.8. The number of hydrogen-bond donors (Lipinski definition) is 5. The second-order valence-corrected chi connectivity index (χ2v) is 19.4. The van der Waals surface area contributed by atoms with Crippen LogP contribution in [-0.2, 0) is 27.4 Å². The molecule has 0 amide bonds. The van der Waals surface area contributed by atoms with Gasteiger partial charge < -0.3 is 49.7 Å². The van der Waals surface area contributed by atoms with Crippen LogP contribution in [0.1, 0.15) is 89.7 Å². The van der Waals surface area contributed by atoms with Gasteiger partial charge in [0.05, 0.1) is 58.9 Å². The largest absolute Gasteiger partial charge is 1.00 e. The Morgan fingerprint density at radius 2 is 1.14 bits per heavy atom. The average Bonchev–Trinajstić information content (AvgIpc) is 4.06. The van der Waals surface area contributed by atoms with Crippen LogP contribution in [0.15, 0.2) is 134 Å². The third kappa shape index (κ3) is 15.5. The van der Waals surface area contributed by atoms with E-state index in [0.717, 1.165) is 34.3 Å². The molecule has 0 radical (unpaired) electrons. The van der Waals surface area contributed by atoms with Crippen molar-refractivity contribution in [2.75, 3.05) is 10.6 Å². The first-order valence-electron chi connectivity index (χ1n) is 25.6. The number of hydrogen-bond acceptors (Lipinski definition) is 15. The van der Waals surface area contributed by atoms with E-state index < -0.39 is 36.8 Å². The summed E-state index contributed by atoms with van der Waals surface area (Å²) in [6.45, 7) is 8.93. The number of carbonyl (C=O) groups is 2. The van der Waals surface area contributed by atoms with Crippen molar-refractivity contribution >= 4 is 35.2 Å². The third-order valence-corrected chi connectivity index (χ3v) is 12.7. The van der Waals surface area contributed by atoms with Crippen molar-refractivity contribution in [3.8, 4) is 45.3 Å². The topological polar surface area (TPSA) is 238 Å². The molecule has 0 bridgehead atoms. The average molecular weight is 1070 g/mol. The molecule has 20 heteroatoms. The molecule has 0 saturated carbocycles. The Labute approximate surface area is 473 Å². The molecule has 4 atom stereocenters. The van der Waals surface area contributed by atoms with Crippen LogP contribution in [0.2, 0.25) is 0 Å². The standard InChI is InChI=1S/C29H32FN5O4.C29H30FN5O3.Na/c1-18(2)28-34-26(19-8-10-20(30)11-9-19)27(35(28)15-13-22(36)16-23(37)17-25(38)39)24-12-14-31-29(33-24)32-21-6-4-3-5-7-21;1-18(2)28-34-26(19-8-10-20(30)11-9-19)27(35(28)15-13-23-16-22(36)17-25(37)38-23)24-12-14-31-29(33-24)32-21-6-4-3-5-7-21;/h3-12,14,18,22-23,36-37H,13,15-17H2,1-2H3,(H,38,39)(H,31,32,33);3-12,14,18,22-23,36H,13,15-17H2,1-2H3,(H,31,32,33);/q;;+1/p-1/t2*22-,23-;/m11./s1. The van der Waals surface area contributed by atoms with Gasteiger partial charge in [-0.05, 0) is 97.8 Å². The number of carboxylic acid groups (broad SMARTS) is 1. The number of carboxylic acids is 1. The number of ether oxygens (including phenoxy) is 1. The van der Waals surface area contributed by atoms with E-state index in [0.29, 0.717) is 71.9 Å². The van der Waals surface area contributed by atoms with Crippen LogP contribution >= 0.6 is 0 Å². The Balaban J connectivity index is 0.000000223. The van der Waals surface area contributed by atoms with Gasteiger partial charge >= 0.3 is 35.5 Å². The normalized spacial score (nSPS) is 14.9. The van der Waals surface area contributed by atoms with Crippen LogP contribution in [0.3, 0.4) is 0 Å². The number of halogens is 2. The number of aliphatic hydroxyl groups excluding tert-OH is 3. The van der Waals surface area contributed by atoms with Gasteiger partial charge in [-0.1, -0.05) is 64.1 Å². The Morgan fingerprint density at radius 1 is 0.679 bits per heavy atom. The molecule has 78 heavy (non-hydrogen) atoms. The summed E-state index contributed by atoms with van der Waals surface area (Å²) in [6, 6.07) is 35.1. The first kappa shape index (κ1) is 58.4. The van der Waals surface area contributed by atoms with Crippen LogP contribution in [0.4, 0.5) is 32.1 Å². The van der Waals surface area contributed by atoms with Crippen LogP contribution < -0.4 is 45.3 Å². The van der Waals surface area contributed by atoms with Gasteiger partial charge in [0.25, 0.3) is 0 Å². The molecule has 9 rings (SSSR count). The maximum absolute atomic E-state index is 13.8. The van der Waals surface area contributed by atoms with Crippen molar-refractivity contribution in [3.63, 3.8) is 0 Å². The number of aliphatic carboxylic acids is 1. The molecule has 4 aromatic heterocycles.